The predicted octanol–water partition coefficient (Wildman–Crippen LogP) is 3.93. The monoisotopic (exact) mass is 258 g/mol. The van der Waals surface area contributed by atoms with E-state index in [1.807, 2.05) is 11.9 Å². The predicted molar refractivity (Wildman–Crippen MR) is 73.1 cm³/mol. The Balaban J connectivity index is 2.95. The molecule has 4 heteroatoms. The largest absolute Gasteiger partial charge is 0.397 e. The molecule has 2 nitrogen and oxygen atoms in total. The van der Waals surface area contributed by atoms with E-state index in [1.54, 1.807) is 6.07 Å². The van der Waals surface area contributed by atoms with Crippen molar-refractivity contribution in [1.82, 2.24) is 0 Å². The molecule has 0 aromatic heterocycles. The lowest BCUT2D eigenvalue weighted by molar-refractivity contribution is 0.504. The van der Waals surface area contributed by atoms with Crippen molar-refractivity contribution in [1.29, 1.82) is 0 Å². The van der Waals surface area contributed by atoms with Crippen LogP contribution in [0.3, 0.4) is 0 Å². The Kier molecular flexibility index (Phi) is 4.63. The highest BCUT2D eigenvalue weighted by Gasteiger charge is 2.16. The van der Waals surface area contributed by atoms with Gasteiger partial charge in [0.1, 0.15) is 5.82 Å². The van der Waals surface area contributed by atoms with Crippen LogP contribution in [0.15, 0.2) is 12.1 Å². The summed E-state index contributed by atoms with van der Waals surface area (Å²) in [7, 11) is 1.95. The number of hydrogen-bond acceptors (Lipinski definition) is 2. The third-order valence-corrected chi connectivity index (χ3v) is 3.21. The number of rotatable bonds is 4. The van der Waals surface area contributed by atoms with Crippen molar-refractivity contribution in [2.24, 2.45) is 5.92 Å². The van der Waals surface area contributed by atoms with Gasteiger partial charge in [0.2, 0.25) is 0 Å². The molecule has 0 bridgehead atoms. The number of nitrogens with two attached hydrogens (primary N) is 1. The number of halogens is 2. The molecule has 1 atom stereocenters. The second-order valence-electron chi connectivity index (χ2n) is 4.91. The molecular formula is C13H20ClFN2. The van der Waals surface area contributed by atoms with Crippen molar-refractivity contribution in [2.45, 2.75) is 33.2 Å². The summed E-state index contributed by atoms with van der Waals surface area (Å²) < 4.78 is 13.2. The summed E-state index contributed by atoms with van der Waals surface area (Å²) in [5.41, 5.74) is 7.02. The molecule has 0 heterocycles. The molecule has 1 unspecified atom stereocenters. The standard InChI is InChI=1S/C13H20ClFN2/c1-8(2)5-9(3)17(4)13-6-10(14)11(15)7-12(13)16/h6-9H,5,16H2,1-4H3. The molecular weight excluding hydrogens is 239 g/mol. The minimum Gasteiger partial charge on any atom is -0.397 e. The summed E-state index contributed by atoms with van der Waals surface area (Å²) >= 11 is 5.78. The lowest BCUT2D eigenvalue weighted by Gasteiger charge is -2.29. The molecule has 0 aliphatic carbocycles. The average molecular weight is 259 g/mol. The number of benzene rings is 1. The Hall–Kier alpha value is -0.960. The summed E-state index contributed by atoms with van der Waals surface area (Å²) in [4.78, 5) is 2.04. The van der Waals surface area contributed by atoms with Crippen molar-refractivity contribution in [3.63, 3.8) is 0 Å². The topological polar surface area (TPSA) is 29.3 Å². The maximum Gasteiger partial charge on any atom is 0.143 e. The highest BCUT2D eigenvalue weighted by atomic mass is 35.5. The second-order valence-corrected chi connectivity index (χ2v) is 5.32. The van der Waals surface area contributed by atoms with Gasteiger partial charge in [0.05, 0.1) is 16.4 Å². The smallest absolute Gasteiger partial charge is 0.143 e. The van der Waals surface area contributed by atoms with Gasteiger partial charge in [0.25, 0.3) is 0 Å². The van der Waals surface area contributed by atoms with Crippen LogP contribution in [0.5, 0.6) is 0 Å². The molecule has 0 saturated heterocycles. The zero-order chi connectivity index (χ0) is 13.2. The normalized spacial score (nSPS) is 12.9. The van der Waals surface area contributed by atoms with Crippen LogP contribution < -0.4 is 10.6 Å². The van der Waals surface area contributed by atoms with Crippen LogP contribution in [0, 0.1) is 11.7 Å². The first-order valence-corrected chi connectivity index (χ1v) is 6.18. The Morgan fingerprint density at radius 3 is 2.47 bits per heavy atom. The van der Waals surface area contributed by atoms with Gasteiger partial charge in [-0.3, -0.25) is 0 Å². The van der Waals surface area contributed by atoms with Crippen molar-refractivity contribution in [3.05, 3.63) is 23.0 Å². The molecule has 0 fully saturated rings. The fourth-order valence-corrected chi connectivity index (χ4v) is 2.09. The molecule has 17 heavy (non-hydrogen) atoms. The van der Waals surface area contributed by atoms with E-state index < -0.39 is 5.82 Å². The summed E-state index contributed by atoms with van der Waals surface area (Å²) in [5, 5.41) is 0.109. The van der Waals surface area contributed by atoms with Crippen LogP contribution in [-0.2, 0) is 0 Å². The summed E-state index contributed by atoms with van der Waals surface area (Å²) in [6.07, 6.45) is 1.05. The lowest BCUT2D eigenvalue weighted by atomic mass is 10.0. The van der Waals surface area contributed by atoms with Crippen molar-refractivity contribution in [2.75, 3.05) is 17.7 Å². The third kappa shape index (κ3) is 3.50. The second kappa shape index (κ2) is 5.58. The maximum absolute atomic E-state index is 13.2. The Morgan fingerprint density at radius 1 is 1.35 bits per heavy atom. The minimum absolute atomic E-state index is 0.109. The number of anilines is 2. The molecule has 0 aliphatic heterocycles. The quantitative estimate of drug-likeness (QED) is 0.829. The van der Waals surface area contributed by atoms with Crippen molar-refractivity contribution >= 4 is 23.0 Å². The van der Waals surface area contributed by atoms with Crippen LogP contribution >= 0.6 is 11.6 Å². The fourth-order valence-electron chi connectivity index (χ4n) is 1.93. The Bertz CT molecular complexity index is 393. The van der Waals surface area contributed by atoms with Gasteiger partial charge >= 0.3 is 0 Å². The van der Waals surface area contributed by atoms with Crippen molar-refractivity contribution in [3.8, 4) is 0 Å². The first kappa shape index (κ1) is 14.1. The van der Waals surface area contributed by atoms with Crippen LogP contribution in [0.4, 0.5) is 15.8 Å². The van der Waals surface area contributed by atoms with E-state index in [2.05, 4.69) is 20.8 Å². The summed E-state index contributed by atoms with van der Waals surface area (Å²) in [6.45, 7) is 6.47. The SMILES string of the molecule is CC(C)CC(C)N(C)c1cc(Cl)c(F)cc1N. The number of nitrogens with zero attached hydrogens (tertiary/aromatic N) is 1. The van der Waals surface area contributed by atoms with Crippen molar-refractivity contribution < 1.29 is 4.39 Å². The fraction of sp³-hybridized carbons (Fsp3) is 0.538. The molecule has 0 amide bonds. The number of hydrogen-bond donors (Lipinski definition) is 1. The average Bonchev–Trinajstić information content (AvgIpc) is 2.21. The van der Waals surface area contributed by atoms with E-state index in [-0.39, 0.29) is 5.02 Å². The van der Waals surface area contributed by atoms with Gasteiger partial charge in [-0.1, -0.05) is 25.4 Å². The maximum atomic E-state index is 13.2. The van der Waals surface area contributed by atoms with E-state index in [4.69, 9.17) is 17.3 Å². The molecule has 96 valence electrons. The molecule has 1 rings (SSSR count). The number of nitrogen functional groups attached to an aromatic ring is 1. The van der Waals surface area contributed by atoms with Gasteiger partial charge in [-0.15, -0.1) is 0 Å². The third-order valence-electron chi connectivity index (χ3n) is 2.92. The summed E-state index contributed by atoms with van der Waals surface area (Å²) in [5.74, 6) is 0.127. The highest BCUT2D eigenvalue weighted by molar-refractivity contribution is 6.31. The Morgan fingerprint density at radius 2 is 1.94 bits per heavy atom. The molecule has 0 saturated carbocycles. The van der Waals surface area contributed by atoms with Gasteiger partial charge in [-0.25, -0.2) is 4.39 Å². The summed E-state index contributed by atoms with van der Waals surface area (Å²) in [6, 6.07) is 3.19. The first-order chi connectivity index (χ1) is 7.82. The van der Waals surface area contributed by atoms with E-state index in [9.17, 15) is 4.39 Å². The Labute approximate surface area is 108 Å². The van der Waals surface area contributed by atoms with Gasteiger partial charge < -0.3 is 10.6 Å². The molecule has 0 spiro atoms. The van der Waals surface area contributed by atoms with Gasteiger partial charge in [0.15, 0.2) is 0 Å². The molecule has 1 aromatic rings. The lowest BCUT2D eigenvalue weighted by Crippen LogP contribution is -2.30. The van der Waals surface area contributed by atoms with Crippen LogP contribution in [0.2, 0.25) is 5.02 Å². The highest BCUT2D eigenvalue weighted by Crippen LogP contribution is 2.30. The van der Waals surface area contributed by atoms with Crippen LogP contribution in [0.1, 0.15) is 27.2 Å². The van der Waals surface area contributed by atoms with Gasteiger partial charge in [-0.2, -0.15) is 0 Å². The zero-order valence-electron chi connectivity index (χ0n) is 10.8. The van der Waals surface area contributed by atoms with Gasteiger partial charge in [-0.05, 0) is 25.3 Å². The van der Waals surface area contributed by atoms with E-state index in [0.717, 1.165) is 12.1 Å². The van der Waals surface area contributed by atoms with E-state index in [1.165, 1.54) is 6.07 Å². The molecule has 2 N–H and O–H groups in total. The minimum atomic E-state index is -0.474. The van der Waals surface area contributed by atoms with E-state index >= 15 is 0 Å². The van der Waals surface area contributed by atoms with Gasteiger partial charge in [0, 0.05) is 19.2 Å². The molecule has 1 aromatic carbocycles. The van der Waals surface area contributed by atoms with Crippen LogP contribution in [0.25, 0.3) is 0 Å². The van der Waals surface area contributed by atoms with E-state index in [0.29, 0.717) is 17.6 Å². The first-order valence-electron chi connectivity index (χ1n) is 5.80. The van der Waals surface area contributed by atoms with Crippen LogP contribution in [-0.4, -0.2) is 13.1 Å². The molecule has 0 radical (unpaired) electrons. The molecule has 0 aliphatic rings. The zero-order valence-corrected chi connectivity index (χ0v) is 11.6.